The summed E-state index contributed by atoms with van der Waals surface area (Å²) in [4.78, 5) is 9.19. The highest BCUT2D eigenvalue weighted by molar-refractivity contribution is 7.89. The van der Waals surface area contributed by atoms with Gasteiger partial charge in [0, 0.05) is 6.54 Å². The molecular weight excluding hydrogens is 301 g/mol. The number of piperidine rings is 1. The summed E-state index contributed by atoms with van der Waals surface area (Å²) in [5, 5.41) is 14.0. The van der Waals surface area contributed by atoms with Gasteiger partial charge in [-0.05, 0) is 44.0 Å². The van der Waals surface area contributed by atoms with Crippen LogP contribution in [0.5, 0.6) is 0 Å². The van der Waals surface area contributed by atoms with E-state index in [1.165, 1.54) is 0 Å². The summed E-state index contributed by atoms with van der Waals surface area (Å²) in [6.07, 6.45) is 1.83. The van der Waals surface area contributed by atoms with Crippen LogP contribution in [0, 0.1) is 21.8 Å². The molecule has 0 bridgehead atoms. The average Bonchev–Trinajstić information content (AvgIpc) is 2.46. The van der Waals surface area contributed by atoms with E-state index >= 15 is 0 Å². The standard InChI is InChI=1S/C12H16FN3O4S/c13-10-4-1-5-11(12(10)16(17)18)21(19,20)15-8-9-3-2-6-14-7-9/h1,4-5,9,14-15H,2-3,6-8H2. The summed E-state index contributed by atoms with van der Waals surface area (Å²) in [6.45, 7) is 1.76. The maximum atomic E-state index is 13.5. The van der Waals surface area contributed by atoms with Gasteiger partial charge in [0.25, 0.3) is 0 Å². The highest BCUT2D eigenvalue weighted by Crippen LogP contribution is 2.26. The van der Waals surface area contributed by atoms with Crippen molar-refractivity contribution in [3.05, 3.63) is 34.1 Å². The van der Waals surface area contributed by atoms with Crippen molar-refractivity contribution in [3.63, 3.8) is 0 Å². The minimum Gasteiger partial charge on any atom is -0.316 e. The van der Waals surface area contributed by atoms with Gasteiger partial charge in [-0.25, -0.2) is 13.1 Å². The molecule has 1 atom stereocenters. The fourth-order valence-corrected chi connectivity index (χ4v) is 3.59. The topological polar surface area (TPSA) is 101 Å². The molecule has 1 aliphatic rings. The minimum atomic E-state index is -4.12. The number of hydrogen-bond acceptors (Lipinski definition) is 5. The van der Waals surface area contributed by atoms with E-state index in [0.717, 1.165) is 37.6 Å². The van der Waals surface area contributed by atoms with Crippen LogP contribution in [0.2, 0.25) is 0 Å². The summed E-state index contributed by atoms with van der Waals surface area (Å²) < 4.78 is 40.1. The van der Waals surface area contributed by atoms with Crippen LogP contribution in [0.4, 0.5) is 10.1 Å². The van der Waals surface area contributed by atoms with Crippen LogP contribution in [0.15, 0.2) is 23.1 Å². The molecular formula is C12H16FN3O4S. The lowest BCUT2D eigenvalue weighted by Crippen LogP contribution is -2.38. The lowest BCUT2D eigenvalue weighted by atomic mass is 10.0. The Morgan fingerprint density at radius 2 is 2.24 bits per heavy atom. The lowest BCUT2D eigenvalue weighted by molar-refractivity contribution is -0.390. The van der Waals surface area contributed by atoms with Crippen molar-refractivity contribution in [2.75, 3.05) is 19.6 Å². The molecule has 116 valence electrons. The van der Waals surface area contributed by atoms with E-state index in [-0.39, 0.29) is 12.5 Å². The third kappa shape index (κ3) is 3.74. The zero-order valence-corrected chi connectivity index (χ0v) is 12.0. The van der Waals surface area contributed by atoms with Crippen LogP contribution in [-0.2, 0) is 10.0 Å². The summed E-state index contributed by atoms with van der Waals surface area (Å²) >= 11 is 0. The SMILES string of the molecule is O=[N+]([O-])c1c(F)cccc1S(=O)(=O)NCC1CCCNC1. The van der Waals surface area contributed by atoms with Crippen molar-refractivity contribution in [2.24, 2.45) is 5.92 Å². The third-order valence-corrected chi connectivity index (χ3v) is 4.84. The first kappa shape index (κ1) is 15.8. The Hall–Kier alpha value is -1.58. The number of rotatable bonds is 5. The Bertz CT molecular complexity index is 629. The summed E-state index contributed by atoms with van der Waals surface area (Å²) in [5.74, 6) is -1.04. The molecule has 1 unspecified atom stereocenters. The van der Waals surface area contributed by atoms with E-state index in [0.29, 0.717) is 6.54 Å². The predicted molar refractivity (Wildman–Crippen MR) is 73.8 cm³/mol. The molecule has 7 nitrogen and oxygen atoms in total. The van der Waals surface area contributed by atoms with E-state index in [2.05, 4.69) is 10.0 Å². The fraction of sp³-hybridized carbons (Fsp3) is 0.500. The summed E-state index contributed by atoms with van der Waals surface area (Å²) in [5.41, 5.74) is -1.02. The van der Waals surface area contributed by atoms with Gasteiger partial charge < -0.3 is 5.32 Å². The van der Waals surface area contributed by atoms with Crippen LogP contribution < -0.4 is 10.0 Å². The molecule has 0 saturated carbocycles. The second-order valence-electron chi connectivity index (χ2n) is 4.91. The van der Waals surface area contributed by atoms with E-state index in [9.17, 15) is 22.9 Å². The average molecular weight is 317 g/mol. The van der Waals surface area contributed by atoms with E-state index in [4.69, 9.17) is 0 Å². The number of para-hydroxylation sites is 1. The molecule has 0 radical (unpaired) electrons. The van der Waals surface area contributed by atoms with Gasteiger partial charge in [0.05, 0.1) is 4.92 Å². The van der Waals surface area contributed by atoms with Crippen molar-refractivity contribution in [1.82, 2.24) is 10.0 Å². The van der Waals surface area contributed by atoms with Gasteiger partial charge in [-0.1, -0.05) is 6.07 Å². The van der Waals surface area contributed by atoms with Gasteiger partial charge in [-0.2, -0.15) is 4.39 Å². The number of halogens is 1. The number of nitro benzene ring substituents is 1. The van der Waals surface area contributed by atoms with Crippen LogP contribution in [-0.4, -0.2) is 33.0 Å². The molecule has 21 heavy (non-hydrogen) atoms. The molecule has 0 spiro atoms. The highest BCUT2D eigenvalue weighted by Gasteiger charge is 2.29. The Labute approximate surface area is 121 Å². The maximum Gasteiger partial charge on any atom is 0.324 e. The molecule has 1 aromatic rings. The van der Waals surface area contributed by atoms with Crippen LogP contribution in [0.25, 0.3) is 0 Å². The molecule has 1 aliphatic heterocycles. The van der Waals surface area contributed by atoms with Gasteiger partial charge in [0.2, 0.25) is 15.8 Å². The minimum absolute atomic E-state index is 0.126. The first-order valence-electron chi connectivity index (χ1n) is 6.55. The third-order valence-electron chi connectivity index (χ3n) is 3.38. The molecule has 2 N–H and O–H groups in total. The number of benzene rings is 1. The maximum absolute atomic E-state index is 13.5. The molecule has 0 aliphatic carbocycles. The monoisotopic (exact) mass is 317 g/mol. The van der Waals surface area contributed by atoms with E-state index in [1.54, 1.807) is 0 Å². The Morgan fingerprint density at radius 1 is 1.48 bits per heavy atom. The number of sulfonamides is 1. The zero-order valence-electron chi connectivity index (χ0n) is 11.2. The quantitative estimate of drug-likeness (QED) is 0.623. The second-order valence-corrected chi connectivity index (χ2v) is 6.64. The molecule has 0 amide bonds. The van der Waals surface area contributed by atoms with Gasteiger partial charge >= 0.3 is 5.69 Å². The Kier molecular flexibility index (Phi) is 4.86. The van der Waals surface area contributed by atoms with Gasteiger partial charge in [0.1, 0.15) is 0 Å². The van der Waals surface area contributed by atoms with Crippen molar-refractivity contribution < 1.29 is 17.7 Å². The molecule has 1 fully saturated rings. The summed E-state index contributed by atoms with van der Waals surface area (Å²) in [7, 11) is -4.12. The van der Waals surface area contributed by atoms with Crippen molar-refractivity contribution in [3.8, 4) is 0 Å². The van der Waals surface area contributed by atoms with Crippen molar-refractivity contribution in [1.29, 1.82) is 0 Å². The number of nitro groups is 1. The lowest BCUT2D eigenvalue weighted by Gasteiger charge is -2.22. The van der Waals surface area contributed by atoms with Gasteiger partial charge in [-0.15, -0.1) is 0 Å². The Morgan fingerprint density at radius 3 is 2.86 bits per heavy atom. The molecule has 1 saturated heterocycles. The molecule has 1 aromatic carbocycles. The van der Waals surface area contributed by atoms with Crippen molar-refractivity contribution >= 4 is 15.7 Å². The molecule has 0 aromatic heterocycles. The highest BCUT2D eigenvalue weighted by atomic mass is 32.2. The molecule has 2 rings (SSSR count). The Balaban J connectivity index is 2.19. The predicted octanol–water partition coefficient (Wildman–Crippen LogP) is 1.01. The number of hydrogen-bond donors (Lipinski definition) is 2. The fourth-order valence-electron chi connectivity index (χ4n) is 2.29. The smallest absolute Gasteiger partial charge is 0.316 e. The number of nitrogens with zero attached hydrogens (tertiary/aromatic N) is 1. The normalized spacial score (nSPS) is 19.4. The van der Waals surface area contributed by atoms with Crippen LogP contribution in [0.3, 0.4) is 0 Å². The van der Waals surface area contributed by atoms with Crippen LogP contribution >= 0.6 is 0 Å². The second kappa shape index (κ2) is 6.46. The summed E-state index contributed by atoms with van der Waals surface area (Å²) in [6, 6.07) is 3.03. The van der Waals surface area contributed by atoms with E-state index < -0.39 is 31.3 Å². The first-order valence-corrected chi connectivity index (χ1v) is 8.03. The number of nitrogens with one attached hydrogen (secondary N) is 2. The largest absolute Gasteiger partial charge is 0.324 e. The zero-order chi connectivity index (χ0) is 15.5. The van der Waals surface area contributed by atoms with Gasteiger partial charge in [0.15, 0.2) is 4.90 Å². The van der Waals surface area contributed by atoms with E-state index in [1.807, 2.05) is 0 Å². The first-order chi connectivity index (χ1) is 9.92. The molecule has 1 heterocycles. The van der Waals surface area contributed by atoms with Gasteiger partial charge in [-0.3, -0.25) is 10.1 Å². The van der Waals surface area contributed by atoms with Crippen LogP contribution in [0.1, 0.15) is 12.8 Å². The van der Waals surface area contributed by atoms with Crippen molar-refractivity contribution in [2.45, 2.75) is 17.7 Å². The molecule has 9 heteroatoms.